The summed E-state index contributed by atoms with van der Waals surface area (Å²) in [6.45, 7) is -0.255. The summed E-state index contributed by atoms with van der Waals surface area (Å²) in [7, 11) is 0. The maximum Gasteiger partial charge on any atom is 0.323 e. The van der Waals surface area contributed by atoms with E-state index in [1.807, 2.05) is 66.7 Å². The number of para-hydroxylation sites is 1. The molecule has 0 aliphatic carbocycles. The monoisotopic (exact) mass is 610 g/mol. The molecular formula is C33H26N2O6S2. The van der Waals surface area contributed by atoms with Crippen molar-refractivity contribution in [2.45, 2.75) is 12.7 Å². The normalized spacial score (nSPS) is 14.4. The SMILES string of the molecule is O=C(O)CN1C(=O)C(=Cc2ccc(OCc3ccccc3)c(OC(C(=O)Nc3ccccc3)c3ccccc3)c2)SC1=S. The molecule has 10 heteroatoms. The third kappa shape index (κ3) is 7.68. The molecule has 43 heavy (non-hydrogen) atoms. The number of nitrogens with zero attached hydrogens (tertiary/aromatic N) is 1. The van der Waals surface area contributed by atoms with Crippen molar-refractivity contribution in [2.75, 3.05) is 11.9 Å². The number of carboxylic acids is 1. The molecule has 1 saturated heterocycles. The van der Waals surface area contributed by atoms with E-state index in [4.69, 9.17) is 26.8 Å². The van der Waals surface area contributed by atoms with E-state index in [9.17, 15) is 14.4 Å². The summed E-state index contributed by atoms with van der Waals surface area (Å²) in [6.07, 6.45) is 0.570. The van der Waals surface area contributed by atoms with Crippen LogP contribution in [0.2, 0.25) is 0 Å². The van der Waals surface area contributed by atoms with Crippen molar-refractivity contribution in [1.82, 2.24) is 4.90 Å². The minimum Gasteiger partial charge on any atom is -0.485 e. The molecule has 1 unspecified atom stereocenters. The topological polar surface area (TPSA) is 105 Å². The first-order valence-corrected chi connectivity index (χ1v) is 14.5. The van der Waals surface area contributed by atoms with Crippen LogP contribution >= 0.6 is 24.0 Å². The van der Waals surface area contributed by atoms with Crippen molar-refractivity contribution in [3.05, 3.63) is 131 Å². The number of nitrogens with one attached hydrogen (secondary N) is 1. The summed E-state index contributed by atoms with van der Waals surface area (Å²) < 4.78 is 12.7. The molecule has 1 aliphatic heterocycles. The van der Waals surface area contributed by atoms with Crippen LogP contribution in [0.1, 0.15) is 22.8 Å². The average molecular weight is 611 g/mol. The number of thiocarbonyl (C=S) groups is 1. The first kappa shape index (κ1) is 29.6. The van der Waals surface area contributed by atoms with E-state index in [1.165, 1.54) is 0 Å². The van der Waals surface area contributed by atoms with Crippen LogP contribution in [0.4, 0.5) is 5.69 Å². The van der Waals surface area contributed by atoms with E-state index in [2.05, 4.69) is 5.32 Å². The van der Waals surface area contributed by atoms with Gasteiger partial charge in [0.15, 0.2) is 11.5 Å². The zero-order valence-corrected chi connectivity index (χ0v) is 24.3. The summed E-state index contributed by atoms with van der Waals surface area (Å²) >= 11 is 6.25. The second kappa shape index (κ2) is 13.8. The lowest BCUT2D eigenvalue weighted by atomic mass is 10.1. The van der Waals surface area contributed by atoms with Gasteiger partial charge in [-0.25, -0.2) is 0 Å². The number of carboxylic acid groups (broad SMARTS) is 1. The molecule has 5 rings (SSSR count). The third-order valence-corrected chi connectivity index (χ3v) is 7.67. The van der Waals surface area contributed by atoms with Crippen LogP contribution in [0.3, 0.4) is 0 Å². The summed E-state index contributed by atoms with van der Waals surface area (Å²) in [6, 6.07) is 32.9. The van der Waals surface area contributed by atoms with Gasteiger partial charge < -0.3 is 19.9 Å². The third-order valence-electron chi connectivity index (χ3n) is 6.30. The van der Waals surface area contributed by atoms with Crippen LogP contribution in [0.5, 0.6) is 11.5 Å². The zero-order chi connectivity index (χ0) is 30.2. The second-order valence-corrected chi connectivity index (χ2v) is 11.1. The highest BCUT2D eigenvalue weighted by Crippen LogP contribution is 2.37. The van der Waals surface area contributed by atoms with E-state index in [0.717, 1.165) is 22.2 Å². The summed E-state index contributed by atoms with van der Waals surface area (Å²) in [5.74, 6) is -1.36. The molecule has 8 nitrogen and oxygen atoms in total. The number of thioether (sulfide) groups is 1. The largest absolute Gasteiger partial charge is 0.485 e. The Kier molecular flexibility index (Phi) is 9.50. The Morgan fingerprint density at radius 3 is 2.23 bits per heavy atom. The van der Waals surface area contributed by atoms with Crippen LogP contribution in [-0.2, 0) is 21.0 Å². The number of benzene rings is 4. The standard InChI is InChI=1S/C33H26N2O6S2/c36-29(37)20-35-32(39)28(43-33(35)42)19-23-16-17-26(40-21-22-10-4-1-5-11-22)27(18-23)41-30(24-12-6-2-7-13-24)31(38)34-25-14-8-3-9-15-25/h1-19,30H,20-21H2,(H,34,38)(H,36,37). The lowest BCUT2D eigenvalue weighted by molar-refractivity contribution is -0.140. The molecule has 4 aromatic carbocycles. The first-order valence-electron chi connectivity index (χ1n) is 13.2. The minimum absolute atomic E-state index is 0.166. The van der Waals surface area contributed by atoms with Crippen LogP contribution in [0.25, 0.3) is 6.08 Å². The van der Waals surface area contributed by atoms with Gasteiger partial charge in [0.05, 0.1) is 4.91 Å². The van der Waals surface area contributed by atoms with Crippen molar-refractivity contribution < 1.29 is 29.0 Å². The zero-order valence-electron chi connectivity index (χ0n) is 22.7. The maximum absolute atomic E-state index is 13.6. The Hall–Kier alpha value is -4.93. The van der Waals surface area contributed by atoms with Crippen molar-refractivity contribution in [3.8, 4) is 11.5 Å². The Bertz CT molecular complexity index is 1660. The Morgan fingerprint density at radius 1 is 0.907 bits per heavy atom. The fraction of sp³-hybridized carbons (Fsp3) is 0.0909. The van der Waals surface area contributed by atoms with Crippen molar-refractivity contribution >= 4 is 57.8 Å². The molecule has 0 aromatic heterocycles. The molecule has 216 valence electrons. The number of carbonyl (C=O) groups is 3. The highest BCUT2D eigenvalue weighted by molar-refractivity contribution is 8.26. The van der Waals surface area contributed by atoms with Crippen LogP contribution in [0, 0.1) is 0 Å². The number of carbonyl (C=O) groups excluding carboxylic acids is 2. The number of hydrogen-bond donors (Lipinski definition) is 2. The van der Waals surface area contributed by atoms with Gasteiger partial charge in [-0.3, -0.25) is 19.3 Å². The molecule has 1 aliphatic rings. The summed E-state index contributed by atoms with van der Waals surface area (Å²) in [5.41, 5.74) is 2.77. The molecular weight excluding hydrogens is 585 g/mol. The van der Waals surface area contributed by atoms with Crippen molar-refractivity contribution in [1.29, 1.82) is 0 Å². The van der Waals surface area contributed by atoms with Gasteiger partial charge in [0, 0.05) is 11.3 Å². The fourth-order valence-electron chi connectivity index (χ4n) is 4.24. The van der Waals surface area contributed by atoms with E-state index in [-0.39, 0.29) is 27.5 Å². The number of amides is 2. The molecule has 2 N–H and O–H groups in total. The molecule has 2 amide bonds. The smallest absolute Gasteiger partial charge is 0.323 e. The van der Waals surface area contributed by atoms with E-state index >= 15 is 0 Å². The summed E-state index contributed by atoms with van der Waals surface area (Å²) in [5, 5.41) is 12.1. The molecule has 4 aromatic rings. The molecule has 1 atom stereocenters. The lowest BCUT2D eigenvalue weighted by Crippen LogP contribution is -2.33. The second-order valence-electron chi connectivity index (χ2n) is 9.41. The van der Waals surface area contributed by atoms with Crippen molar-refractivity contribution in [2.24, 2.45) is 0 Å². The van der Waals surface area contributed by atoms with Gasteiger partial charge in [-0.2, -0.15) is 0 Å². The van der Waals surface area contributed by atoms with Crippen LogP contribution in [0.15, 0.2) is 114 Å². The Morgan fingerprint density at radius 2 is 1.56 bits per heavy atom. The number of anilines is 1. The van der Waals surface area contributed by atoms with Gasteiger partial charge in [0.2, 0.25) is 6.10 Å². The quantitative estimate of drug-likeness (QED) is 0.150. The van der Waals surface area contributed by atoms with Gasteiger partial charge in [-0.15, -0.1) is 0 Å². The maximum atomic E-state index is 13.6. The van der Waals surface area contributed by atoms with Crippen LogP contribution in [-0.4, -0.2) is 38.7 Å². The first-order chi connectivity index (χ1) is 20.9. The predicted molar refractivity (Wildman–Crippen MR) is 170 cm³/mol. The van der Waals surface area contributed by atoms with E-state index in [0.29, 0.717) is 22.6 Å². The Labute approximate surface area is 257 Å². The van der Waals surface area contributed by atoms with Gasteiger partial charge >= 0.3 is 5.97 Å². The molecule has 0 bridgehead atoms. The molecule has 0 radical (unpaired) electrons. The molecule has 1 fully saturated rings. The average Bonchev–Trinajstić information content (AvgIpc) is 3.27. The Balaban J connectivity index is 1.49. The number of ether oxygens (including phenoxy) is 2. The van der Waals surface area contributed by atoms with E-state index in [1.54, 1.807) is 48.5 Å². The predicted octanol–water partition coefficient (Wildman–Crippen LogP) is 6.31. The summed E-state index contributed by atoms with van der Waals surface area (Å²) in [4.78, 5) is 39.0. The highest BCUT2D eigenvalue weighted by Gasteiger charge is 2.33. The number of rotatable bonds is 11. The van der Waals surface area contributed by atoms with Gasteiger partial charge in [-0.05, 0) is 41.5 Å². The minimum atomic E-state index is -1.16. The van der Waals surface area contributed by atoms with Crippen molar-refractivity contribution in [3.63, 3.8) is 0 Å². The van der Waals surface area contributed by atoms with E-state index < -0.39 is 24.5 Å². The molecule has 0 spiro atoms. The fourth-order valence-corrected chi connectivity index (χ4v) is 5.50. The van der Waals surface area contributed by atoms with Gasteiger partial charge in [-0.1, -0.05) is 109 Å². The molecule has 1 heterocycles. The van der Waals surface area contributed by atoms with Gasteiger partial charge in [0.1, 0.15) is 17.5 Å². The molecule has 0 saturated carbocycles. The highest BCUT2D eigenvalue weighted by atomic mass is 32.2. The van der Waals surface area contributed by atoms with Crippen LogP contribution < -0.4 is 14.8 Å². The number of hydrogen-bond acceptors (Lipinski definition) is 7. The number of aliphatic carboxylic acids is 1. The van der Waals surface area contributed by atoms with Gasteiger partial charge in [0.25, 0.3) is 11.8 Å². The lowest BCUT2D eigenvalue weighted by Gasteiger charge is -2.21.